The molecular weight excluding hydrogens is 655 g/mol. The summed E-state index contributed by atoms with van der Waals surface area (Å²) in [5.74, 6) is 4.78. The van der Waals surface area contributed by atoms with Crippen LogP contribution in [0.25, 0.3) is 10.8 Å². The number of carbonyl (C=O) groups excluding carboxylic acids is 2. The molecule has 1 aliphatic heterocycles. The number of hydrogen-bond donors (Lipinski definition) is 4. The lowest BCUT2D eigenvalue weighted by molar-refractivity contribution is -0.142. The summed E-state index contributed by atoms with van der Waals surface area (Å²) in [5.41, 5.74) is -1.55. The highest BCUT2D eigenvalue weighted by molar-refractivity contribution is 7.52. The maximum absolute atomic E-state index is 14.0. The lowest BCUT2D eigenvalue weighted by Gasteiger charge is -2.25. The van der Waals surface area contributed by atoms with Crippen molar-refractivity contribution >= 4 is 30.4 Å². The van der Waals surface area contributed by atoms with Crippen molar-refractivity contribution in [2.45, 2.75) is 83.3 Å². The number of hydrogen-bond acceptors (Lipinski definition) is 10. The zero-order valence-electron chi connectivity index (χ0n) is 27.8. The van der Waals surface area contributed by atoms with Gasteiger partial charge in [0.1, 0.15) is 29.7 Å². The minimum atomic E-state index is -4.30. The number of aromatic amines is 1. The molecule has 49 heavy (non-hydrogen) atoms. The summed E-state index contributed by atoms with van der Waals surface area (Å²) in [5, 5.41) is 17.6. The predicted molar refractivity (Wildman–Crippen MR) is 182 cm³/mol. The molecule has 5 atom stereocenters. The van der Waals surface area contributed by atoms with Crippen molar-refractivity contribution < 1.29 is 37.8 Å². The average molecular weight is 699 g/mol. The number of aliphatic hydroxyl groups excluding tert-OH is 1. The van der Waals surface area contributed by atoms with Crippen LogP contribution in [-0.4, -0.2) is 65.0 Å². The predicted octanol–water partition coefficient (Wildman–Crippen LogP) is 3.52. The van der Waals surface area contributed by atoms with Gasteiger partial charge in [-0.2, -0.15) is 5.09 Å². The summed E-state index contributed by atoms with van der Waals surface area (Å²) in [6.07, 6.45) is 3.41. The number of amides is 1. The van der Waals surface area contributed by atoms with Crippen LogP contribution in [0.2, 0.25) is 0 Å². The van der Waals surface area contributed by atoms with Crippen molar-refractivity contribution in [3.05, 3.63) is 75.1 Å². The molecule has 1 aromatic heterocycles. The van der Waals surface area contributed by atoms with Crippen molar-refractivity contribution in [3.63, 3.8) is 0 Å². The molecule has 4 rings (SSSR count). The van der Waals surface area contributed by atoms with Crippen LogP contribution >= 0.6 is 7.75 Å². The molecule has 2 heterocycles. The first-order valence-electron chi connectivity index (χ1n) is 16.3. The van der Waals surface area contributed by atoms with Crippen molar-refractivity contribution in [1.29, 1.82) is 0 Å². The number of ether oxygens (including phenoxy) is 2. The maximum atomic E-state index is 14.0. The first-order chi connectivity index (χ1) is 23.5. The highest BCUT2D eigenvalue weighted by Gasteiger charge is 2.39. The van der Waals surface area contributed by atoms with Crippen LogP contribution < -0.4 is 26.2 Å². The van der Waals surface area contributed by atoms with Crippen molar-refractivity contribution in [1.82, 2.24) is 20.0 Å². The van der Waals surface area contributed by atoms with Crippen LogP contribution in [0.4, 0.5) is 0 Å². The van der Waals surface area contributed by atoms with Gasteiger partial charge in [-0.25, -0.2) is 9.36 Å². The number of nitrogens with zero attached hydrogens (tertiary/aromatic N) is 1. The van der Waals surface area contributed by atoms with Gasteiger partial charge in [0.25, 0.3) is 5.56 Å². The molecule has 0 saturated carbocycles. The van der Waals surface area contributed by atoms with Gasteiger partial charge in [-0.3, -0.25) is 28.5 Å². The van der Waals surface area contributed by atoms with Gasteiger partial charge in [-0.15, -0.1) is 0 Å². The van der Waals surface area contributed by atoms with Crippen molar-refractivity contribution in [2.75, 3.05) is 20.3 Å². The molecule has 4 N–H and O–H groups in total. The summed E-state index contributed by atoms with van der Waals surface area (Å²) < 4.78 is 37.4. The molecule has 0 spiro atoms. The molecule has 1 amide bonds. The Bertz CT molecular complexity index is 1830. The molecule has 264 valence electrons. The number of H-pyrrole nitrogens is 1. The molecule has 1 fully saturated rings. The SMILES string of the molecule is CCCCCCCC(=O)NCC#Cc1cn(C2C[C@H](O)[C@@H](COP(=O)(N[C@@H](C)C(=O)OC)Oc3cccc4ccccc34)O2)c(=O)[nH]c1=O. The lowest BCUT2D eigenvalue weighted by atomic mass is 10.1. The Morgan fingerprint density at radius 3 is 2.67 bits per heavy atom. The number of unbranched alkanes of at least 4 members (excludes halogenated alkanes) is 4. The number of benzene rings is 2. The van der Waals surface area contributed by atoms with E-state index in [1.54, 1.807) is 24.3 Å². The number of fused-ring (bicyclic) bond motifs is 1. The third-order valence-corrected chi connectivity index (χ3v) is 9.50. The number of carbonyl (C=O) groups is 2. The van der Waals surface area contributed by atoms with Crippen LogP contribution in [0, 0.1) is 11.8 Å². The summed E-state index contributed by atoms with van der Waals surface area (Å²) >= 11 is 0. The zero-order chi connectivity index (χ0) is 35.4. The normalized spacial score (nSPS) is 19.0. The highest BCUT2D eigenvalue weighted by Crippen LogP contribution is 2.47. The van der Waals surface area contributed by atoms with E-state index in [4.69, 9.17) is 18.5 Å². The topological polar surface area (TPSA) is 187 Å². The number of aliphatic hydroxyl groups is 1. The minimum Gasteiger partial charge on any atom is -0.468 e. The van der Waals surface area contributed by atoms with Crippen LogP contribution in [0.3, 0.4) is 0 Å². The van der Waals surface area contributed by atoms with E-state index in [1.165, 1.54) is 20.2 Å². The second-order valence-corrected chi connectivity index (χ2v) is 13.3. The highest BCUT2D eigenvalue weighted by atomic mass is 31.2. The molecule has 0 bridgehead atoms. The molecular formula is C34H43N4O10P. The van der Waals surface area contributed by atoms with E-state index in [9.17, 15) is 28.8 Å². The van der Waals surface area contributed by atoms with Gasteiger partial charge >= 0.3 is 19.4 Å². The lowest BCUT2D eigenvalue weighted by Crippen LogP contribution is -2.36. The second kappa shape index (κ2) is 17.9. The minimum absolute atomic E-state index is 0.0218. The summed E-state index contributed by atoms with van der Waals surface area (Å²) in [6, 6.07) is 11.4. The fourth-order valence-electron chi connectivity index (χ4n) is 5.22. The summed E-state index contributed by atoms with van der Waals surface area (Å²) in [7, 11) is -3.12. The summed E-state index contributed by atoms with van der Waals surface area (Å²) in [4.78, 5) is 51.6. The largest absolute Gasteiger partial charge is 0.468 e. The van der Waals surface area contributed by atoms with E-state index in [2.05, 4.69) is 34.2 Å². The molecule has 1 aliphatic rings. The van der Waals surface area contributed by atoms with Gasteiger partial charge in [0.05, 0.1) is 26.4 Å². The Morgan fingerprint density at radius 1 is 1.14 bits per heavy atom. The van der Waals surface area contributed by atoms with Gasteiger partial charge in [0.2, 0.25) is 5.91 Å². The van der Waals surface area contributed by atoms with Crippen molar-refractivity contribution in [3.8, 4) is 17.6 Å². The molecule has 15 heteroatoms. The monoisotopic (exact) mass is 698 g/mol. The second-order valence-electron chi connectivity index (χ2n) is 11.6. The van der Waals surface area contributed by atoms with E-state index in [1.807, 2.05) is 18.2 Å². The third kappa shape index (κ3) is 10.6. The van der Waals surface area contributed by atoms with Gasteiger partial charge in [-0.1, -0.05) is 80.8 Å². The zero-order valence-corrected chi connectivity index (χ0v) is 28.7. The third-order valence-electron chi connectivity index (χ3n) is 7.87. The van der Waals surface area contributed by atoms with Gasteiger partial charge in [0, 0.05) is 24.4 Å². The first kappa shape index (κ1) is 37.6. The van der Waals surface area contributed by atoms with Crippen LogP contribution in [0.15, 0.2) is 58.3 Å². The molecule has 3 aromatic rings. The average Bonchev–Trinajstić information content (AvgIpc) is 3.45. The van der Waals surface area contributed by atoms with E-state index in [-0.39, 0.29) is 30.2 Å². The smallest absolute Gasteiger partial charge is 0.459 e. The first-order valence-corrected chi connectivity index (χ1v) is 17.8. The Kier molecular flexibility index (Phi) is 13.8. The number of aromatic nitrogens is 2. The Labute approximate surface area is 284 Å². The molecule has 1 saturated heterocycles. The molecule has 14 nitrogen and oxygen atoms in total. The standard InChI is InChI=1S/C34H43N4O10P/c1-4-5-6-7-8-18-30(40)35-19-12-15-25-21-38(34(43)36-32(25)41)31-20-27(39)29(47-31)22-46-49(44,37-23(2)33(42)45-3)48-28-17-11-14-24-13-9-10-16-26(24)28/h9-11,13-14,16-17,21,23,27,29,31,39H,4-8,18-20,22H2,1-3H3,(H,35,40)(H,37,44)(H,36,41,43)/t23-,27-,29+,31?,49?/m0/s1. The number of esters is 1. The Hall–Kier alpha value is -4.25. The number of nitrogens with one attached hydrogen (secondary N) is 3. The van der Waals surface area contributed by atoms with Crippen LogP contribution in [-0.2, 0) is 28.2 Å². The molecule has 2 unspecified atom stereocenters. The van der Waals surface area contributed by atoms with E-state index < -0.39 is 56.0 Å². The van der Waals surface area contributed by atoms with Gasteiger partial charge < -0.3 is 24.4 Å². The Balaban J connectivity index is 1.42. The fourth-order valence-corrected chi connectivity index (χ4v) is 6.74. The van der Waals surface area contributed by atoms with E-state index in [0.717, 1.165) is 42.1 Å². The van der Waals surface area contributed by atoms with Crippen LogP contribution in [0.1, 0.15) is 70.6 Å². The molecule has 0 radical (unpaired) electrons. The van der Waals surface area contributed by atoms with Gasteiger partial charge in [0.15, 0.2) is 0 Å². The summed E-state index contributed by atoms with van der Waals surface area (Å²) in [6.45, 7) is 3.12. The number of rotatable bonds is 16. The van der Waals surface area contributed by atoms with E-state index in [0.29, 0.717) is 11.8 Å². The molecule has 2 aromatic carbocycles. The van der Waals surface area contributed by atoms with E-state index >= 15 is 0 Å². The van der Waals surface area contributed by atoms with Gasteiger partial charge in [-0.05, 0) is 24.8 Å². The molecule has 0 aliphatic carbocycles. The van der Waals surface area contributed by atoms with Crippen molar-refractivity contribution in [2.24, 2.45) is 0 Å². The number of methoxy groups -OCH3 is 1. The fraction of sp³-hybridized carbons (Fsp3) is 0.471. The quantitative estimate of drug-likeness (QED) is 0.0742. The Morgan fingerprint density at radius 2 is 1.90 bits per heavy atom. The maximum Gasteiger partial charge on any atom is 0.459 e. The van der Waals surface area contributed by atoms with Crippen LogP contribution in [0.5, 0.6) is 5.75 Å².